The van der Waals surface area contributed by atoms with Gasteiger partial charge >= 0.3 is 5.97 Å². The minimum atomic E-state index is -1.02. The van der Waals surface area contributed by atoms with E-state index in [1.54, 1.807) is 12.3 Å². The molecule has 1 aromatic heterocycles. The molecule has 1 atom stereocenters. The Hall–Kier alpha value is -1.62. The molecule has 0 spiro atoms. The number of carboxylic acid groups (broad SMARTS) is 1. The van der Waals surface area contributed by atoms with Crippen molar-refractivity contribution in [3.63, 3.8) is 0 Å². The van der Waals surface area contributed by atoms with Crippen molar-refractivity contribution in [2.75, 3.05) is 20.3 Å². The molecule has 1 aliphatic heterocycles. The zero-order chi connectivity index (χ0) is 11.5. The Balaban J connectivity index is 2.34. The van der Waals surface area contributed by atoms with Crippen molar-refractivity contribution in [2.24, 2.45) is 0 Å². The smallest absolute Gasteiger partial charge is 0.341 e. The summed E-state index contributed by atoms with van der Waals surface area (Å²) in [7, 11) is 1.41. The number of methoxy groups -OCH3 is 1. The lowest BCUT2D eigenvalue weighted by Crippen LogP contribution is -2.06. The minimum absolute atomic E-state index is 0.104. The normalized spacial score (nSPS) is 19.7. The maximum Gasteiger partial charge on any atom is 0.341 e. The van der Waals surface area contributed by atoms with Crippen molar-refractivity contribution in [3.8, 4) is 5.88 Å². The molecule has 1 saturated heterocycles. The molecule has 1 N–H and O–H groups in total. The third-order valence-electron chi connectivity index (χ3n) is 2.70. The van der Waals surface area contributed by atoms with E-state index < -0.39 is 5.97 Å². The molecule has 1 aromatic rings. The van der Waals surface area contributed by atoms with Crippen molar-refractivity contribution in [1.82, 2.24) is 4.98 Å². The van der Waals surface area contributed by atoms with E-state index in [1.807, 2.05) is 0 Å². The fourth-order valence-corrected chi connectivity index (χ4v) is 1.80. The van der Waals surface area contributed by atoms with Gasteiger partial charge in [-0.2, -0.15) is 0 Å². The number of carbonyl (C=O) groups is 1. The van der Waals surface area contributed by atoms with Crippen molar-refractivity contribution < 1.29 is 19.4 Å². The van der Waals surface area contributed by atoms with Crippen molar-refractivity contribution in [1.29, 1.82) is 0 Å². The molecule has 5 nitrogen and oxygen atoms in total. The van der Waals surface area contributed by atoms with Gasteiger partial charge in [-0.1, -0.05) is 0 Å². The zero-order valence-corrected chi connectivity index (χ0v) is 8.97. The van der Waals surface area contributed by atoms with Crippen LogP contribution in [0.15, 0.2) is 12.3 Å². The number of pyridine rings is 1. The summed E-state index contributed by atoms with van der Waals surface area (Å²) >= 11 is 0. The van der Waals surface area contributed by atoms with E-state index in [0.717, 1.165) is 18.6 Å². The third-order valence-corrected chi connectivity index (χ3v) is 2.70. The van der Waals surface area contributed by atoms with Crippen LogP contribution in [0.5, 0.6) is 5.88 Å². The quantitative estimate of drug-likeness (QED) is 0.836. The molecule has 86 valence electrons. The summed E-state index contributed by atoms with van der Waals surface area (Å²) in [4.78, 5) is 15.0. The van der Waals surface area contributed by atoms with E-state index in [-0.39, 0.29) is 17.4 Å². The maximum atomic E-state index is 11.0. The Morgan fingerprint density at radius 3 is 3.06 bits per heavy atom. The molecule has 1 aliphatic rings. The van der Waals surface area contributed by atoms with Gasteiger partial charge in [0.2, 0.25) is 5.88 Å². The first-order chi connectivity index (χ1) is 7.72. The van der Waals surface area contributed by atoms with E-state index in [2.05, 4.69) is 4.98 Å². The summed E-state index contributed by atoms with van der Waals surface area (Å²) in [5.74, 6) is -0.628. The summed E-state index contributed by atoms with van der Waals surface area (Å²) in [6, 6.07) is 1.62. The van der Waals surface area contributed by atoms with Crippen LogP contribution in [-0.4, -0.2) is 36.4 Å². The number of hydrogen-bond donors (Lipinski definition) is 1. The summed E-state index contributed by atoms with van der Waals surface area (Å²) in [5, 5.41) is 9.01. The summed E-state index contributed by atoms with van der Waals surface area (Å²) in [6.45, 7) is 1.35. The second-order valence-electron chi connectivity index (χ2n) is 3.69. The molecule has 2 rings (SSSR count). The van der Waals surface area contributed by atoms with Gasteiger partial charge in [-0.05, 0) is 18.1 Å². The molecule has 1 unspecified atom stereocenters. The van der Waals surface area contributed by atoms with Crippen LogP contribution in [0.2, 0.25) is 0 Å². The fraction of sp³-hybridized carbons (Fsp3) is 0.455. The second-order valence-corrected chi connectivity index (χ2v) is 3.69. The van der Waals surface area contributed by atoms with Crippen LogP contribution in [-0.2, 0) is 4.74 Å². The number of aromatic nitrogens is 1. The lowest BCUT2D eigenvalue weighted by atomic mass is 9.99. The van der Waals surface area contributed by atoms with Gasteiger partial charge in [0.05, 0.1) is 13.7 Å². The number of ether oxygens (including phenoxy) is 2. The summed E-state index contributed by atoms with van der Waals surface area (Å²) in [5.41, 5.74) is 1.00. The second kappa shape index (κ2) is 4.49. The third kappa shape index (κ3) is 1.99. The van der Waals surface area contributed by atoms with Crippen LogP contribution in [0, 0.1) is 0 Å². The van der Waals surface area contributed by atoms with E-state index >= 15 is 0 Å². The van der Waals surface area contributed by atoms with Gasteiger partial charge in [-0.3, -0.25) is 0 Å². The number of rotatable bonds is 3. The Morgan fingerprint density at radius 2 is 2.50 bits per heavy atom. The van der Waals surface area contributed by atoms with Crippen LogP contribution < -0.4 is 4.74 Å². The van der Waals surface area contributed by atoms with Crippen LogP contribution >= 0.6 is 0 Å². The highest BCUT2D eigenvalue weighted by molar-refractivity contribution is 5.90. The molecule has 0 aliphatic carbocycles. The van der Waals surface area contributed by atoms with Crippen LogP contribution in [0.25, 0.3) is 0 Å². The summed E-state index contributed by atoms with van der Waals surface area (Å²) in [6.07, 6.45) is 2.57. The van der Waals surface area contributed by atoms with Crippen LogP contribution in [0.3, 0.4) is 0 Å². The van der Waals surface area contributed by atoms with Gasteiger partial charge in [-0.25, -0.2) is 9.78 Å². The van der Waals surface area contributed by atoms with E-state index in [1.165, 1.54) is 7.11 Å². The van der Waals surface area contributed by atoms with Gasteiger partial charge in [0.15, 0.2) is 0 Å². The number of aromatic carboxylic acids is 1. The number of carboxylic acids is 1. The maximum absolute atomic E-state index is 11.0. The first-order valence-corrected chi connectivity index (χ1v) is 5.07. The molecule has 0 radical (unpaired) electrons. The molecular weight excluding hydrogens is 210 g/mol. The molecule has 5 heteroatoms. The molecule has 1 fully saturated rings. The molecule has 2 heterocycles. The highest BCUT2D eigenvalue weighted by Crippen LogP contribution is 2.27. The molecule has 0 bridgehead atoms. The predicted molar refractivity (Wildman–Crippen MR) is 55.9 cm³/mol. The number of hydrogen-bond acceptors (Lipinski definition) is 4. The highest BCUT2D eigenvalue weighted by atomic mass is 16.5. The van der Waals surface area contributed by atoms with Crippen molar-refractivity contribution in [2.45, 2.75) is 12.3 Å². The van der Waals surface area contributed by atoms with Gasteiger partial charge in [0, 0.05) is 18.7 Å². The van der Waals surface area contributed by atoms with Crippen molar-refractivity contribution >= 4 is 5.97 Å². The Bertz CT molecular complexity index is 399. The standard InChI is InChI=1S/C11H13NO4/c1-15-10-9(11(13)14)4-8(5-12-10)7-2-3-16-6-7/h4-5,7H,2-3,6H2,1H3,(H,13,14). The first-order valence-electron chi connectivity index (χ1n) is 5.07. The van der Waals surface area contributed by atoms with Gasteiger partial charge < -0.3 is 14.6 Å². The van der Waals surface area contributed by atoms with Crippen LogP contribution in [0.1, 0.15) is 28.3 Å². The van der Waals surface area contributed by atoms with E-state index in [4.69, 9.17) is 14.6 Å². The fourth-order valence-electron chi connectivity index (χ4n) is 1.80. The Morgan fingerprint density at radius 1 is 1.69 bits per heavy atom. The van der Waals surface area contributed by atoms with Gasteiger partial charge in [0.25, 0.3) is 0 Å². The average molecular weight is 223 g/mol. The molecule has 0 saturated carbocycles. The predicted octanol–water partition coefficient (Wildman–Crippen LogP) is 1.29. The Kier molecular flexibility index (Phi) is 3.05. The number of nitrogens with zero attached hydrogens (tertiary/aromatic N) is 1. The lowest BCUT2D eigenvalue weighted by molar-refractivity contribution is 0.0692. The topological polar surface area (TPSA) is 68.7 Å². The molecule has 16 heavy (non-hydrogen) atoms. The highest BCUT2D eigenvalue weighted by Gasteiger charge is 2.21. The summed E-state index contributed by atoms with van der Waals surface area (Å²) < 4.78 is 10.2. The monoisotopic (exact) mass is 223 g/mol. The van der Waals surface area contributed by atoms with Crippen molar-refractivity contribution in [3.05, 3.63) is 23.4 Å². The van der Waals surface area contributed by atoms with Gasteiger partial charge in [0.1, 0.15) is 5.56 Å². The SMILES string of the molecule is COc1ncc(C2CCOC2)cc1C(=O)O. The van der Waals surface area contributed by atoms with Gasteiger partial charge in [-0.15, -0.1) is 0 Å². The average Bonchev–Trinajstić information content (AvgIpc) is 2.81. The Labute approximate surface area is 93.0 Å². The molecular formula is C11H13NO4. The minimum Gasteiger partial charge on any atom is -0.480 e. The lowest BCUT2D eigenvalue weighted by Gasteiger charge is -2.10. The zero-order valence-electron chi connectivity index (χ0n) is 8.97. The van der Waals surface area contributed by atoms with E-state index in [0.29, 0.717) is 6.61 Å². The van der Waals surface area contributed by atoms with E-state index in [9.17, 15) is 4.79 Å². The molecule has 0 amide bonds. The van der Waals surface area contributed by atoms with Crippen LogP contribution in [0.4, 0.5) is 0 Å². The largest absolute Gasteiger partial charge is 0.480 e. The first kappa shape index (κ1) is 10.9. The molecule has 0 aromatic carbocycles.